The monoisotopic (exact) mass is 193 g/mol. The zero-order chi connectivity index (χ0) is 10.4. The highest BCUT2D eigenvalue weighted by atomic mass is 16.3. The van der Waals surface area contributed by atoms with Crippen molar-refractivity contribution in [2.75, 3.05) is 20.2 Å². The fraction of sp³-hybridized carbons (Fsp3) is 0.500. The van der Waals surface area contributed by atoms with Crippen LogP contribution >= 0.6 is 0 Å². The third-order valence-corrected chi connectivity index (χ3v) is 2.48. The van der Waals surface area contributed by atoms with Gasteiger partial charge in [0.25, 0.3) is 0 Å². The van der Waals surface area contributed by atoms with Gasteiger partial charge in [-0.1, -0.05) is 29.8 Å². The first-order valence-corrected chi connectivity index (χ1v) is 5.10. The second-order valence-electron chi connectivity index (χ2n) is 3.68. The molecule has 1 rings (SSSR count). The van der Waals surface area contributed by atoms with Gasteiger partial charge in [-0.2, -0.15) is 0 Å². The van der Waals surface area contributed by atoms with Crippen LogP contribution in [0.2, 0.25) is 0 Å². The van der Waals surface area contributed by atoms with Crippen LogP contribution < -0.4 is 5.32 Å². The third-order valence-electron chi connectivity index (χ3n) is 2.48. The van der Waals surface area contributed by atoms with Crippen LogP contribution in [0, 0.1) is 6.92 Å². The Balaban J connectivity index is 2.71. The predicted molar refractivity (Wildman–Crippen MR) is 59.5 cm³/mol. The number of hydrogen-bond acceptors (Lipinski definition) is 2. The molecular formula is C12H19NO. The van der Waals surface area contributed by atoms with E-state index in [0.717, 1.165) is 13.0 Å². The van der Waals surface area contributed by atoms with E-state index < -0.39 is 0 Å². The largest absolute Gasteiger partial charge is 0.396 e. The Hall–Kier alpha value is -0.860. The number of likely N-dealkylation sites (N-methyl/N-ethyl adjacent to an activating group) is 1. The lowest BCUT2D eigenvalue weighted by atomic mass is 9.95. The summed E-state index contributed by atoms with van der Waals surface area (Å²) < 4.78 is 0. The molecule has 0 aliphatic carbocycles. The van der Waals surface area contributed by atoms with Gasteiger partial charge in [-0.15, -0.1) is 0 Å². The molecule has 0 saturated heterocycles. The zero-order valence-electron chi connectivity index (χ0n) is 8.96. The molecule has 0 radical (unpaired) electrons. The maximum Gasteiger partial charge on any atom is 0.0437 e. The van der Waals surface area contributed by atoms with Crippen LogP contribution in [0.3, 0.4) is 0 Å². The highest BCUT2D eigenvalue weighted by Crippen LogP contribution is 2.18. The summed E-state index contributed by atoms with van der Waals surface area (Å²) in [6.45, 7) is 3.26. The van der Waals surface area contributed by atoms with Gasteiger partial charge >= 0.3 is 0 Å². The van der Waals surface area contributed by atoms with Gasteiger partial charge < -0.3 is 10.4 Å². The molecule has 0 heterocycles. The van der Waals surface area contributed by atoms with Crippen molar-refractivity contribution in [2.24, 2.45) is 0 Å². The summed E-state index contributed by atoms with van der Waals surface area (Å²) in [7, 11) is 1.94. The highest BCUT2D eigenvalue weighted by Gasteiger charge is 2.09. The first-order valence-electron chi connectivity index (χ1n) is 5.10. The summed E-state index contributed by atoms with van der Waals surface area (Å²) in [6.07, 6.45) is 0.823. The van der Waals surface area contributed by atoms with Crippen LogP contribution in [0.4, 0.5) is 0 Å². The smallest absolute Gasteiger partial charge is 0.0437 e. The first-order chi connectivity index (χ1) is 6.77. The Morgan fingerprint density at radius 3 is 2.43 bits per heavy atom. The molecule has 0 bridgehead atoms. The van der Waals surface area contributed by atoms with Crippen LogP contribution in [0.1, 0.15) is 23.5 Å². The van der Waals surface area contributed by atoms with Crippen molar-refractivity contribution in [2.45, 2.75) is 19.3 Å². The average molecular weight is 193 g/mol. The van der Waals surface area contributed by atoms with Crippen molar-refractivity contribution in [1.29, 1.82) is 0 Å². The van der Waals surface area contributed by atoms with Gasteiger partial charge in [0.05, 0.1) is 0 Å². The minimum atomic E-state index is 0.250. The molecule has 0 aliphatic heterocycles. The number of benzene rings is 1. The van der Waals surface area contributed by atoms with E-state index >= 15 is 0 Å². The molecule has 1 aromatic rings. The molecule has 14 heavy (non-hydrogen) atoms. The third kappa shape index (κ3) is 3.13. The molecule has 0 fully saturated rings. The number of aryl methyl sites for hydroxylation is 1. The summed E-state index contributed by atoms with van der Waals surface area (Å²) in [5.74, 6) is 0.422. The number of hydrogen-bond donors (Lipinski definition) is 2. The van der Waals surface area contributed by atoms with Crippen molar-refractivity contribution < 1.29 is 5.11 Å². The molecule has 78 valence electrons. The molecule has 0 aromatic heterocycles. The van der Waals surface area contributed by atoms with Gasteiger partial charge in [-0.05, 0) is 31.9 Å². The van der Waals surface area contributed by atoms with Gasteiger partial charge in [0.15, 0.2) is 0 Å². The van der Waals surface area contributed by atoms with Gasteiger partial charge in [0.1, 0.15) is 0 Å². The number of rotatable bonds is 5. The number of aliphatic hydroxyl groups excluding tert-OH is 1. The minimum absolute atomic E-state index is 0.250. The summed E-state index contributed by atoms with van der Waals surface area (Å²) in [5.41, 5.74) is 2.58. The highest BCUT2D eigenvalue weighted by molar-refractivity contribution is 5.24. The summed E-state index contributed by atoms with van der Waals surface area (Å²) in [4.78, 5) is 0. The van der Waals surface area contributed by atoms with Crippen LogP contribution in [0.15, 0.2) is 24.3 Å². The molecule has 2 heteroatoms. The predicted octanol–water partition coefficient (Wildman–Crippen LogP) is 1.68. The molecule has 1 unspecified atom stereocenters. The Kier molecular flexibility index (Phi) is 4.63. The SMILES string of the molecule is CNCC(CCO)c1ccc(C)cc1. The summed E-state index contributed by atoms with van der Waals surface area (Å²) in [6, 6.07) is 8.53. The number of aliphatic hydroxyl groups is 1. The van der Waals surface area contributed by atoms with Gasteiger partial charge in [0.2, 0.25) is 0 Å². The lowest BCUT2D eigenvalue weighted by Crippen LogP contribution is -2.18. The number of nitrogens with one attached hydrogen (secondary N) is 1. The van der Waals surface area contributed by atoms with E-state index in [2.05, 4.69) is 36.5 Å². The van der Waals surface area contributed by atoms with Crippen molar-refractivity contribution in [1.82, 2.24) is 5.32 Å². The van der Waals surface area contributed by atoms with E-state index in [4.69, 9.17) is 5.11 Å². The Morgan fingerprint density at radius 1 is 1.29 bits per heavy atom. The van der Waals surface area contributed by atoms with E-state index in [0.29, 0.717) is 5.92 Å². The molecule has 1 atom stereocenters. The second-order valence-corrected chi connectivity index (χ2v) is 3.68. The topological polar surface area (TPSA) is 32.3 Å². The molecule has 2 N–H and O–H groups in total. The molecular weight excluding hydrogens is 174 g/mol. The zero-order valence-corrected chi connectivity index (χ0v) is 8.96. The second kappa shape index (κ2) is 5.78. The summed E-state index contributed by atoms with van der Waals surface area (Å²) in [5, 5.41) is 12.1. The Bertz CT molecular complexity index is 250. The molecule has 0 aliphatic rings. The van der Waals surface area contributed by atoms with E-state index in [1.165, 1.54) is 11.1 Å². The Morgan fingerprint density at radius 2 is 1.93 bits per heavy atom. The van der Waals surface area contributed by atoms with Gasteiger partial charge in [-0.25, -0.2) is 0 Å². The van der Waals surface area contributed by atoms with Gasteiger partial charge in [-0.3, -0.25) is 0 Å². The maximum atomic E-state index is 8.95. The average Bonchev–Trinajstić information content (AvgIpc) is 2.19. The Labute approximate surface area is 86.0 Å². The molecule has 1 aromatic carbocycles. The van der Waals surface area contributed by atoms with Crippen molar-refractivity contribution in [3.8, 4) is 0 Å². The van der Waals surface area contributed by atoms with E-state index in [1.54, 1.807) is 0 Å². The molecule has 0 spiro atoms. The lowest BCUT2D eigenvalue weighted by Gasteiger charge is -2.15. The van der Waals surface area contributed by atoms with Crippen molar-refractivity contribution >= 4 is 0 Å². The minimum Gasteiger partial charge on any atom is -0.396 e. The quantitative estimate of drug-likeness (QED) is 0.745. The van der Waals surface area contributed by atoms with Crippen LogP contribution in [-0.2, 0) is 0 Å². The first kappa shape index (κ1) is 11.2. The van der Waals surface area contributed by atoms with Crippen molar-refractivity contribution in [3.05, 3.63) is 35.4 Å². The molecule has 0 saturated carbocycles. The maximum absolute atomic E-state index is 8.95. The van der Waals surface area contributed by atoms with E-state index in [-0.39, 0.29) is 6.61 Å². The molecule has 2 nitrogen and oxygen atoms in total. The fourth-order valence-corrected chi connectivity index (χ4v) is 1.63. The van der Waals surface area contributed by atoms with E-state index in [1.807, 2.05) is 7.05 Å². The standard InChI is InChI=1S/C12H19NO/c1-10-3-5-11(6-4-10)12(7-8-14)9-13-2/h3-6,12-14H,7-9H2,1-2H3. The van der Waals surface area contributed by atoms with Crippen LogP contribution in [0.5, 0.6) is 0 Å². The van der Waals surface area contributed by atoms with E-state index in [9.17, 15) is 0 Å². The lowest BCUT2D eigenvalue weighted by molar-refractivity contribution is 0.274. The normalized spacial score (nSPS) is 12.8. The van der Waals surface area contributed by atoms with Crippen LogP contribution in [0.25, 0.3) is 0 Å². The molecule has 0 amide bonds. The van der Waals surface area contributed by atoms with Crippen molar-refractivity contribution in [3.63, 3.8) is 0 Å². The summed E-state index contributed by atoms with van der Waals surface area (Å²) >= 11 is 0. The van der Waals surface area contributed by atoms with Crippen LogP contribution in [-0.4, -0.2) is 25.3 Å². The van der Waals surface area contributed by atoms with Gasteiger partial charge in [0, 0.05) is 13.2 Å². The fourth-order valence-electron chi connectivity index (χ4n) is 1.63.